The van der Waals surface area contributed by atoms with Gasteiger partial charge >= 0.3 is 0 Å². The Labute approximate surface area is 110 Å². The van der Waals surface area contributed by atoms with Crippen LogP contribution in [0, 0.1) is 0 Å². The zero-order valence-electron chi connectivity index (χ0n) is 12.1. The van der Waals surface area contributed by atoms with Gasteiger partial charge in [0.05, 0.1) is 13.2 Å². The second-order valence-electron chi connectivity index (χ2n) is 5.39. The smallest absolute Gasteiger partial charge is 0.246 e. The molecule has 1 heterocycles. The Hall–Kier alpha value is -0.870. The molecule has 0 aromatic rings. The zero-order valence-corrected chi connectivity index (χ0v) is 12.1. The van der Waals surface area contributed by atoms with Crippen LogP contribution in [-0.4, -0.2) is 49.2 Å². The Balaban J connectivity index is 2.45. The number of nitrogens with zero attached hydrogens (tertiary/aromatic N) is 1. The lowest BCUT2D eigenvalue weighted by atomic mass is 10.0. The molecule has 4 nitrogen and oxygen atoms in total. The van der Waals surface area contributed by atoms with Crippen LogP contribution in [0.2, 0.25) is 0 Å². The highest BCUT2D eigenvalue weighted by Gasteiger charge is 2.28. The van der Waals surface area contributed by atoms with E-state index in [0.717, 1.165) is 38.3 Å². The minimum atomic E-state index is -0.0219. The predicted octanol–water partition coefficient (Wildman–Crippen LogP) is 1.57. The number of ether oxygens (including phenoxy) is 1. The maximum absolute atomic E-state index is 11.8. The second kappa shape index (κ2) is 6.90. The van der Waals surface area contributed by atoms with Gasteiger partial charge in [0.2, 0.25) is 5.91 Å². The summed E-state index contributed by atoms with van der Waals surface area (Å²) >= 11 is 0. The molecule has 0 unspecified atom stereocenters. The van der Waals surface area contributed by atoms with Crippen LogP contribution in [-0.2, 0) is 9.53 Å². The quantitative estimate of drug-likeness (QED) is 0.757. The summed E-state index contributed by atoms with van der Waals surface area (Å²) in [6.07, 6.45) is 2.85. The van der Waals surface area contributed by atoms with Crippen molar-refractivity contribution in [2.24, 2.45) is 0 Å². The van der Waals surface area contributed by atoms with Crippen LogP contribution in [0.1, 0.15) is 34.1 Å². The molecule has 0 aliphatic carbocycles. The first-order chi connectivity index (χ1) is 8.47. The van der Waals surface area contributed by atoms with Crippen molar-refractivity contribution in [2.75, 3.05) is 32.8 Å². The number of rotatable bonds is 5. The molecule has 0 saturated carbocycles. The van der Waals surface area contributed by atoms with Crippen LogP contribution in [0.15, 0.2) is 11.6 Å². The summed E-state index contributed by atoms with van der Waals surface area (Å²) in [5.41, 5.74) is 0.779. The SMILES string of the molecule is CC/C=C(/C)C(=O)NCC(C)(C)N1CCOCC1. The third-order valence-corrected chi connectivity index (χ3v) is 3.42. The maximum atomic E-state index is 11.8. The topological polar surface area (TPSA) is 41.6 Å². The third-order valence-electron chi connectivity index (χ3n) is 3.42. The minimum absolute atomic E-state index is 0.0219. The molecule has 1 rings (SSSR count). The summed E-state index contributed by atoms with van der Waals surface area (Å²) in [5, 5.41) is 3.02. The number of nitrogens with one attached hydrogen (secondary N) is 1. The molecule has 1 aliphatic rings. The fraction of sp³-hybridized carbons (Fsp3) is 0.786. The highest BCUT2D eigenvalue weighted by Crippen LogP contribution is 2.15. The highest BCUT2D eigenvalue weighted by molar-refractivity contribution is 5.92. The largest absolute Gasteiger partial charge is 0.379 e. The minimum Gasteiger partial charge on any atom is -0.379 e. The van der Waals surface area contributed by atoms with E-state index >= 15 is 0 Å². The van der Waals surface area contributed by atoms with Crippen LogP contribution in [0.5, 0.6) is 0 Å². The summed E-state index contributed by atoms with van der Waals surface area (Å²) < 4.78 is 5.35. The lowest BCUT2D eigenvalue weighted by Crippen LogP contribution is -2.55. The maximum Gasteiger partial charge on any atom is 0.246 e. The third kappa shape index (κ3) is 4.42. The van der Waals surface area contributed by atoms with E-state index in [9.17, 15) is 4.79 Å². The van der Waals surface area contributed by atoms with Crippen LogP contribution in [0.3, 0.4) is 0 Å². The van der Waals surface area contributed by atoms with Crippen molar-refractivity contribution in [1.82, 2.24) is 10.2 Å². The Kier molecular flexibility index (Phi) is 5.82. The van der Waals surface area contributed by atoms with Crippen molar-refractivity contribution in [2.45, 2.75) is 39.7 Å². The van der Waals surface area contributed by atoms with E-state index in [1.54, 1.807) is 0 Å². The van der Waals surface area contributed by atoms with Crippen molar-refractivity contribution in [3.05, 3.63) is 11.6 Å². The van der Waals surface area contributed by atoms with Crippen LogP contribution in [0.4, 0.5) is 0 Å². The molecule has 0 atom stereocenters. The Morgan fingerprint density at radius 3 is 2.56 bits per heavy atom. The number of morpholine rings is 1. The van der Waals surface area contributed by atoms with Gasteiger partial charge in [-0.3, -0.25) is 9.69 Å². The van der Waals surface area contributed by atoms with E-state index in [0.29, 0.717) is 6.54 Å². The first-order valence-electron chi connectivity index (χ1n) is 6.75. The van der Waals surface area contributed by atoms with Gasteiger partial charge in [0, 0.05) is 30.7 Å². The van der Waals surface area contributed by atoms with Gasteiger partial charge in [-0.1, -0.05) is 13.0 Å². The molecule has 1 amide bonds. The van der Waals surface area contributed by atoms with Gasteiger partial charge in [-0.05, 0) is 27.2 Å². The molecule has 4 heteroatoms. The molecule has 1 N–H and O–H groups in total. The monoisotopic (exact) mass is 254 g/mol. The van der Waals surface area contributed by atoms with Gasteiger partial charge in [-0.25, -0.2) is 0 Å². The van der Waals surface area contributed by atoms with Gasteiger partial charge in [0.25, 0.3) is 0 Å². The van der Waals surface area contributed by atoms with E-state index in [2.05, 4.69) is 24.1 Å². The molecule has 0 spiro atoms. The van der Waals surface area contributed by atoms with Crippen molar-refractivity contribution in [3.8, 4) is 0 Å². The predicted molar refractivity (Wildman–Crippen MR) is 73.5 cm³/mol. The molecule has 1 saturated heterocycles. The number of carbonyl (C=O) groups excluding carboxylic acids is 1. The molecule has 0 aromatic heterocycles. The Bertz CT molecular complexity index is 305. The number of carbonyl (C=O) groups is 1. The van der Waals surface area contributed by atoms with Crippen LogP contribution >= 0.6 is 0 Å². The van der Waals surface area contributed by atoms with Crippen LogP contribution < -0.4 is 5.32 Å². The van der Waals surface area contributed by atoms with E-state index in [1.165, 1.54) is 0 Å². The van der Waals surface area contributed by atoms with Crippen molar-refractivity contribution < 1.29 is 9.53 Å². The fourth-order valence-corrected chi connectivity index (χ4v) is 2.12. The summed E-state index contributed by atoms with van der Waals surface area (Å²) in [5.74, 6) is 0.0400. The molecule has 0 radical (unpaired) electrons. The standard InChI is InChI=1S/C14H26N2O2/c1-5-6-12(2)13(17)15-11-14(3,4)16-7-9-18-10-8-16/h6H,5,7-11H2,1-4H3,(H,15,17)/b12-6-. The molecule has 0 aromatic carbocycles. The molecule has 104 valence electrons. The summed E-state index contributed by atoms with van der Waals surface area (Å²) in [4.78, 5) is 14.2. The normalized spacial score (nSPS) is 18.8. The number of amides is 1. The van der Waals surface area contributed by atoms with Crippen LogP contribution in [0.25, 0.3) is 0 Å². The lowest BCUT2D eigenvalue weighted by molar-refractivity contribution is -0.118. The van der Waals surface area contributed by atoms with Gasteiger partial charge < -0.3 is 10.1 Å². The first kappa shape index (κ1) is 15.2. The number of hydrogen-bond donors (Lipinski definition) is 1. The Morgan fingerprint density at radius 2 is 2.00 bits per heavy atom. The molecule has 1 fully saturated rings. The Morgan fingerprint density at radius 1 is 1.39 bits per heavy atom. The van der Waals surface area contributed by atoms with Crippen molar-refractivity contribution in [3.63, 3.8) is 0 Å². The average molecular weight is 254 g/mol. The number of hydrogen-bond acceptors (Lipinski definition) is 3. The number of allylic oxidation sites excluding steroid dienone is 1. The summed E-state index contributed by atoms with van der Waals surface area (Å²) in [7, 11) is 0. The molecular formula is C14H26N2O2. The van der Waals surface area contributed by atoms with Gasteiger partial charge in [-0.2, -0.15) is 0 Å². The zero-order chi connectivity index (χ0) is 13.6. The first-order valence-corrected chi connectivity index (χ1v) is 6.75. The van der Waals surface area contributed by atoms with Gasteiger partial charge in [-0.15, -0.1) is 0 Å². The lowest BCUT2D eigenvalue weighted by Gasteiger charge is -2.40. The van der Waals surface area contributed by atoms with Gasteiger partial charge in [0.15, 0.2) is 0 Å². The van der Waals surface area contributed by atoms with E-state index < -0.39 is 0 Å². The fourth-order valence-electron chi connectivity index (χ4n) is 2.12. The van der Waals surface area contributed by atoms with Crippen molar-refractivity contribution in [1.29, 1.82) is 0 Å². The van der Waals surface area contributed by atoms with E-state index in [-0.39, 0.29) is 11.4 Å². The van der Waals surface area contributed by atoms with E-state index in [4.69, 9.17) is 4.74 Å². The average Bonchev–Trinajstić information content (AvgIpc) is 2.37. The van der Waals surface area contributed by atoms with E-state index in [1.807, 2.05) is 19.9 Å². The highest BCUT2D eigenvalue weighted by atomic mass is 16.5. The molecule has 0 bridgehead atoms. The van der Waals surface area contributed by atoms with Gasteiger partial charge in [0.1, 0.15) is 0 Å². The molecule has 18 heavy (non-hydrogen) atoms. The van der Waals surface area contributed by atoms with Crippen molar-refractivity contribution >= 4 is 5.91 Å². The molecule has 1 aliphatic heterocycles. The summed E-state index contributed by atoms with van der Waals surface area (Å²) in [6, 6.07) is 0. The summed E-state index contributed by atoms with van der Waals surface area (Å²) in [6.45, 7) is 12.3. The molecular weight excluding hydrogens is 228 g/mol. The second-order valence-corrected chi connectivity index (χ2v) is 5.39.